The summed E-state index contributed by atoms with van der Waals surface area (Å²) >= 11 is 0. The fourth-order valence-corrected chi connectivity index (χ4v) is 3.00. The third kappa shape index (κ3) is 3.21. The van der Waals surface area contributed by atoms with Gasteiger partial charge in [0.2, 0.25) is 10.0 Å². The van der Waals surface area contributed by atoms with E-state index in [9.17, 15) is 13.2 Å². The van der Waals surface area contributed by atoms with Crippen LogP contribution in [0.5, 0.6) is 0 Å². The zero-order valence-corrected chi connectivity index (χ0v) is 11.1. The number of benzene rings is 1. The van der Waals surface area contributed by atoms with E-state index in [-0.39, 0.29) is 4.90 Å². The quantitative estimate of drug-likeness (QED) is 0.855. The average Bonchev–Trinajstić information content (AvgIpc) is 2.30. The topological polar surface area (TPSA) is 86.7 Å². The zero-order chi connectivity index (χ0) is 13.8. The molecule has 0 aliphatic rings. The van der Waals surface area contributed by atoms with Gasteiger partial charge in [-0.2, -0.15) is 4.31 Å². The maximum absolute atomic E-state index is 12.1. The highest BCUT2D eigenvalue weighted by atomic mass is 32.2. The van der Waals surface area contributed by atoms with Gasteiger partial charge >= 0.3 is 6.09 Å². The Morgan fingerprint density at radius 2 is 1.72 bits per heavy atom. The Hall–Kier alpha value is -1.60. The van der Waals surface area contributed by atoms with Crippen molar-refractivity contribution in [1.82, 2.24) is 4.31 Å². The van der Waals surface area contributed by atoms with E-state index in [2.05, 4.69) is 5.32 Å². The molecule has 0 spiro atoms. The summed E-state index contributed by atoms with van der Waals surface area (Å²) < 4.78 is 25.6. The molecule has 18 heavy (non-hydrogen) atoms. The Labute approximate surface area is 106 Å². The van der Waals surface area contributed by atoms with Crippen LogP contribution < -0.4 is 5.32 Å². The summed E-state index contributed by atoms with van der Waals surface area (Å²) in [6.45, 7) is 4.32. The summed E-state index contributed by atoms with van der Waals surface area (Å²) in [5.41, 5.74) is 0.334. The molecular formula is C11H16N2O4S. The second kappa shape index (κ2) is 5.83. The van der Waals surface area contributed by atoms with Gasteiger partial charge in [-0.15, -0.1) is 0 Å². The maximum Gasteiger partial charge on any atom is 0.409 e. The molecule has 1 amide bonds. The summed E-state index contributed by atoms with van der Waals surface area (Å²) in [7, 11) is -3.49. The minimum absolute atomic E-state index is 0.155. The molecule has 0 saturated carbocycles. The van der Waals surface area contributed by atoms with Crippen LogP contribution in [0.3, 0.4) is 0 Å². The minimum atomic E-state index is -3.49. The van der Waals surface area contributed by atoms with Crippen LogP contribution in [0.25, 0.3) is 0 Å². The zero-order valence-electron chi connectivity index (χ0n) is 10.3. The molecule has 6 nitrogen and oxygen atoms in total. The van der Waals surface area contributed by atoms with Crippen LogP contribution in [0.1, 0.15) is 13.8 Å². The number of nitrogens with zero attached hydrogens (tertiary/aromatic N) is 1. The van der Waals surface area contributed by atoms with Crippen molar-refractivity contribution in [1.29, 1.82) is 0 Å². The van der Waals surface area contributed by atoms with Crippen LogP contribution in [0.2, 0.25) is 0 Å². The molecule has 1 aromatic carbocycles. The second-order valence-corrected chi connectivity index (χ2v) is 5.48. The lowest BCUT2D eigenvalue weighted by Crippen LogP contribution is -2.30. The molecule has 0 saturated heterocycles. The lowest BCUT2D eigenvalue weighted by molar-refractivity contribution is 0.209. The van der Waals surface area contributed by atoms with Crippen LogP contribution >= 0.6 is 0 Å². The summed E-state index contributed by atoms with van der Waals surface area (Å²) in [6, 6.07) is 5.62. The first-order chi connectivity index (χ1) is 8.41. The van der Waals surface area contributed by atoms with Crippen LogP contribution in [0.15, 0.2) is 29.2 Å². The largest absolute Gasteiger partial charge is 0.465 e. The molecular weight excluding hydrogens is 256 g/mol. The summed E-state index contributed by atoms with van der Waals surface area (Å²) in [4.78, 5) is 10.6. The van der Waals surface area contributed by atoms with E-state index in [0.717, 1.165) is 0 Å². The van der Waals surface area contributed by atoms with Gasteiger partial charge in [-0.05, 0) is 24.3 Å². The number of carboxylic acid groups (broad SMARTS) is 1. The highest BCUT2D eigenvalue weighted by Crippen LogP contribution is 2.18. The Bertz CT molecular complexity index is 506. The Morgan fingerprint density at radius 1 is 1.22 bits per heavy atom. The minimum Gasteiger partial charge on any atom is -0.465 e. The smallest absolute Gasteiger partial charge is 0.409 e. The van der Waals surface area contributed by atoms with Crippen molar-refractivity contribution in [2.75, 3.05) is 18.4 Å². The molecule has 0 aliphatic heterocycles. The SMILES string of the molecule is CCN(CC)S(=O)(=O)c1ccc(NC(=O)O)cc1. The molecule has 0 atom stereocenters. The molecule has 0 unspecified atom stereocenters. The van der Waals surface area contributed by atoms with Gasteiger partial charge in [0.25, 0.3) is 0 Å². The normalized spacial score (nSPS) is 11.5. The monoisotopic (exact) mass is 272 g/mol. The first kappa shape index (κ1) is 14.5. The van der Waals surface area contributed by atoms with Gasteiger partial charge in [0.15, 0.2) is 0 Å². The van der Waals surface area contributed by atoms with Gasteiger partial charge in [-0.25, -0.2) is 13.2 Å². The van der Waals surface area contributed by atoms with E-state index < -0.39 is 16.1 Å². The van der Waals surface area contributed by atoms with Crippen LogP contribution in [-0.2, 0) is 10.0 Å². The van der Waals surface area contributed by atoms with Gasteiger partial charge in [-0.1, -0.05) is 13.8 Å². The van der Waals surface area contributed by atoms with E-state index in [0.29, 0.717) is 18.8 Å². The number of amides is 1. The van der Waals surface area contributed by atoms with Crippen molar-refractivity contribution in [2.24, 2.45) is 0 Å². The summed E-state index contributed by atoms with van der Waals surface area (Å²) in [6.07, 6.45) is -1.19. The lowest BCUT2D eigenvalue weighted by Gasteiger charge is -2.18. The van der Waals surface area contributed by atoms with Crippen molar-refractivity contribution in [2.45, 2.75) is 18.7 Å². The van der Waals surface area contributed by atoms with Crippen molar-refractivity contribution < 1.29 is 18.3 Å². The molecule has 1 aromatic rings. The van der Waals surface area contributed by atoms with Crippen molar-refractivity contribution in [3.8, 4) is 0 Å². The number of anilines is 1. The summed E-state index contributed by atoms with van der Waals surface area (Å²) in [5, 5.41) is 10.7. The Kier molecular flexibility index (Phi) is 4.69. The van der Waals surface area contributed by atoms with Crippen LogP contribution in [0, 0.1) is 0 Å². The van der Waals surface area contributed by atoms with Gasteiger partial charge in [0.1, 0.15) is 0 Å². The second-order valence-electron chi connectivity index (χ2n) is 3.54. The van der Waals surface area contributed by atoms with Gasteiger partial charge in [0.05, 0.1) is 4.90 Å². The molecule has 0 aliphatic carbocycles. The van der Waals surface area contributed by atoms with Crippen molar-refractivity contribution in [3.05, 3.63) is 24.3 Å². The van der Waals surface area contributed by atoms with Gasteiger partial charge < -0.3 is 5.11 Å². The van der Waals surface area contributed by atoms with E-state index in [4.69, 9.17) is 5.11 Å². The fraction of sp³-hybridized carbons (Fsp3) is 0.364. The van der Waals surface area contributed by atoms with Crippen molar-refractivity contribution in [3.63, 3.8) is 0 Å². The molecule has 0 fully saturated rings. The average molecular weight is 272 g/mol. The molecule has 0 bridgehead atoms. The number of carbonyl (C=O) groups is 1. The fourth-order valence-electron chi connectivity index (χ4n) is 1.55. The standard InChI is InChI=1S/C11H16N2O4S/c1-3-13(4-2)18(16,17)10-7-5-9(6-8-10)12-11(14)15/h5-8,12H,3-4H2,1-2H3,(H,14,15). The molecule has 7 heteroatoms. The van der Waals surface area contributed by atoms with Gasteiger partial charge in [-0.3, -0.25) is 5.32 Å². The lowest BCUT2D eigenvalue weighted by atomic mass is 10.3. The summed E-state index contributed by atoms with van der Waals surface area (Å²) in [5.74, 6) is 0. The number of sulfonamides is 1. The predicted octanol–water partition coefficient (Wildman–Crippen LogP) is 1.81. The Balaban J connectivity index is 3.01. The third-order valence-corrected chi connectivity index (χ3v) is 4.51. The third-order valence-electron chi connectivity index (χ3n) is 2.45. The van der Waals surface area contributed by atoms with E-state index in [1.54, 1.807) is 13.8 Å². The molecule has 0 radical (unpaired) electrons. The first-order valence-corrected chi connectivity index (χ1v) is 6.96. The number of nitrogens with one attached hydrogen (secondary N) is 1. The van der Waals surface area contributed by atoms with Crippen LogP contribution in [0.4, 0.5) is 10.5 Å². The van der Waals surface area contributed by atoms with E-state index in [1.165, 1.54) is 28.6 Å². The molecule has 0 heterocycles. The highest BCUT2D eigenvalue weighted by Gasteiger charge is 2.21. The Morgan fingerprint density at radius 3 is 2.11 bits per heavy atom. The molecule has 100 valence electrons. The molecule has 0 aromatic heterocycles. The van der Waals surface area contributed by atoms with E-state index in [1.807, 2.05) is 0 Å². The maximum atomic E-state index is 12.1. The first-order valence-electron chi connectivity index (χ1n) is 5.52. The highest BCUT2D eigenvalue weighted by molar-refractivity contribution is 7.89. The van der Waals surface area contributed by atoms with Gasteiger partial charge in [0, 0.05) is 18.8 Å². The van der Waals surface area contributed by atoms with Crippen LogP contribution in [-0.4, -0.2) is 37.0 Å². The predicted molar refractivity (Wildman–Crippen MR) is 68.2 cm³/mol. The number of hydrogen-bond acceptors (Lipinski definition) is 3. The molecule has 2 N–H and O–H groups in total. The van der Waals surface area contributed by atoms with E-state index >= 15 is 0 Å². The van der Waals surface area contributed by atoms with Crippen molar-refractivity contribution >= 4 is 21.8 Å². The molecule has 1 rings (SSSR count). The number of hydrogen-bond donors (Lipinski definition) is 2. The number of rotatable bonds is 5.